The number of piperidine rings is 2. The van der Waals surface area contributed by atoms with Crippen LogP contribution in [0.3, 0.4) is 0 Å². The number of unbranched alkanes of at least 4 members (excludes halogenated alkanes) is 1. The van der Waals surface area contributed by atoms with Gasteiger partial charge in [-0.15, -0.1) is 11.3 Å². The first-order valence-electron chi connectivity index (χ1n) is 19.9. The summed E-state index contributed by atoms with van der Waals surface area (Å²) in [4.78, 5) is 83.1. The van der Waals surface area contributed by atoms with E-state index in [0.717, 1.165) is 71.6 Å². The molecule has 1 unspecified atom stereocenters. The number of carbonyl (C=O) groups is 5. The highest BCUT2D eigenvalue weighted by molar-refractivity contribution is 7.21. The molecule has 4 aromatic rings. The highest BCUT2D eigenvalue weighted by Gasteiger charge is 2.46. The number of hydrogen-bond acceptors (Lipinski definition) is 12. The van der Waals surface area contributed by atoms with E-state index < -0.39 is 29.7 Å². The molecule has 2 N–H and O–H groups in total. The van der Waals surface area contributed by atoms with Crippen molar-refractivity contribution in [1.29, 1.82) is 0 Å². The number of methoxy groups -OCH3 is 2. The van der Waals surface area contributed by atoms with Gasteiger partial charge in [-0.05, 0) is 108 Å². The summed E-state index contributed by atoms with van der Waals surface area (Å²) in [6.07, 6.45) is 5.44. The van der Waals surface area contributed by atoms with Crippen molar-refractivity contribution in [3.63, 3.8) is 0 Å². The second-order valence-electron chi connectivity index (χ2n) is 15.6. The monoisotopic (exact) mass is 826 g/mol. The van der Waals surface area contributed by atoms with Crippen LogP contribution in [0.5, 0.6) is 17.2 Å². The van der Waals surface area contributed by atoms with E-state index in [1.54, 1.807) is 56.3 Å². The summed E-state index contributed by atoms with van der Waals surface area (Å²) >= 11 is 1.31. The lowest BCUT2D eigenvalue weighted by Gasteiger charge is -2.32. The molecule has 2 saturated heterocycles. The summed E-state index contributed by atoms with van der Waals surface area (Å²) in [6, 6.07) is 9.43. The Morgan fingerprint density at radius 1 is 0.932 bits per heavy atom. The number of aromatic nitrogens is 1. The van der Waals surface area contributed by atoms with Crippen LogP contribution in [-0.2, 0) is 23.2 Å². The lowest BCUT2D eigenvalue weighted by Crippen LogP contribution is -2.54. The molecular formula is C43H50N6O9S. The number of carbonyl (C=O) groups excluding carboxylic acids is 5. The summed E-state index contributed by atoms with van der Waals surface area (Å²) in [6.45, 7) is 4.22. The maximum Gasteiger partial charge on any atom is 0.266 e. The van der Waals surface area contributed by atoms with Gasteiger partial charge < -0.3 is 33.9 Å². The van der Waals surface area contributed by atoms with Crippen molar-refractivity contribution < 1.29 is 38.2 Å². The average molecular weight is 827 g/mol. The summed E-state index contributed by atoms with van der Waals surface area (Å²) in [5, 5.41) is 5.83. The Bertz CT molecular complexity index is 2340. The normalized spacial score (nSPS) is 17.5. The molecule has 0 bridgehead atoms. The molecule has 0 radical (unpaired) electrons. The molecule has 0 spiro atoms. The molecule has 7 rings (SSSR count). The third kappa shape index (κ3) is 8.61. The van der Waals surface area contributed by atoms with Gasteiger partial charge in [0.1, 0.15) is 23.3 Å². The lowest BCUT2D eigenvalue weighted by molar-refractivity contribution is -0.136. The molecule has 5 amide bonds. The minimum Gasteiger partial charge on any atom is -0.496 e. The molecule has 59 heavy (non-hydrogen) atoms. The number of thiophene rings is 1. The molecule has 0 saturated carbocycles. The first-order valence-corrected chi connectivity index (χ1v) is 20.7. The number of imide groups is 2. The first kappa shape index (κ1) is 41.6. The Hall–Kier alpha value is -5.58. The van der Waals surface area contributed by atoms with Gasteiger partial charge in [-0.1, -0.05) is 6.07 Å². The van der Waals surface area contributed by atoms with Gasteiger partial charge in [0, 0.05) is 43.0 Å². The van der Waals surface area contributed by atoms with Crippen LogP contribution >= 0.6 is 11.3 Å². The minimum atomic E-state index is -1.03. The van der Waals surface area contributed by atoms with Gasteiger partial charge in [0.25, 0.3) is 23.3 Å². The maximum atomic E-state index is 13.5. The zero-order valence-electron chi connectivity index (χ0n) is 34.1. The number of pyridine rings is 1. The van der Waals surface area contributed by atoms with Crippen molar-refractivity contribution >= 4 is 51.0 Å². The van der Waals surface area contributed by atoms with Gasteiger partial charge in [-0.2, -0.15) is 0 Å². The SMILES string of the molecule is COc1cc(-c2cn(C)c(=O)c3cc(C(=O)NCC4CCN(CCCCOc5cccc6c5C(=O)N(C5CCC(=O)NC5=O)C6=O)CC4)sc23)cc(OC)c1CN(C)C. The second kappa shape index (κ2) is 17.7. The van der Waals surface area contributed by atoms with E-state index >= 15 is 0 Å². The van der Waals surface area contributed by atoms with Crippen molar-refractivity contribution in [3.05, 3.63) is 74.5 Å². The number of fused-ring (bicyclic) bond motifs is 2. The minimum absolute atomic E-state index is 0.0579. The number of aryl methyl sites for hydroxylation is 1. The number of amides is 5. The number of nitrogens with one attached hydrogen (secondary N) is 2. The summed E-state index contributed by atoms with van der Waals surface area (Å²) in [5.74, 6) is -0.415. The second-order valence-corrected chi connectivity index (χ2v) is 16.6. The topological polar surface area (TPSA) is 169 Å². The Balaban J connectivity index is 0.892. The van der Waals surface area contributed by atoms with E-state index in [4.69, 9.17) is 14.2 Å². The number of likely N-dealkylation sites (tertiary alicyclic amines) is 1. The standard InChI is InChI=1S/C43H50N6O9S/c1-46(2)23-30-33(56-4)19-26(20-34(30)57-5)29-24-47(3)41(53)28-21-35(59-38(28)29)40(52)44-22-25-13-16-48(17-14-25)15-6-7-18-58-32-10-8-9-27-37(32)43(55)49(42(27)54)31-11-12-36(50)45-39(31)51/h8-10,19-21,24-25,31H,6-7,11-18,22-23H2,1-5H3,(H,44,52)(H,45,50,51). The van der Waals surface area contributed by atoms with Gasteiger partial charge in [0.2, 0.25) is 11.8 Å². The fraction of sp³-hybridized carbons (Fsp3) is 0.442. The molecule has 2 aromatic heterocycles. The van der Waals surface area contributed by atoms with Crippen molar-refractivity contribution in [2.24, 2.45) is 13.0 Å². The van der Waals surface area contributed by atoms with Crippen molar-refractivity contribution in [2.45, 2.75) is 51.1 Å². The molecule has 15 nitrogen and oxygen atoms in total. The Morgan fingerprint density at radius 3 is 2.34 bits per heavy atom. The molecule has 3 aliphatic heterocycles. The largest absolute Gasteiger partial charge is 0.496 e. The average Bonchev–Trinajstić information content (AvgIpc) is 3.78. The number of rotatable bonds is 15. The maximum absolute atomic E-state index is 13.5. The van der Waals surface area contributed by atoms with E-state index in [9.17, 15) is 28.8 Å². The number of nitrogens with zero attached hydrogens (tertiary/aromatic N) is 4. The highest BCUT2D eigenvalue weighted by atomic mass is 32.1. The van der Waals surface area contributed by atoms with Gasteiger partial charge in [0.05, 0.1) is 47.8 Å². The smallest absolute Gasteiger partial charge is 0.266 e. The number of benzene rings is 2. The molecule has 0 aliphatic carbocycles. The van der Waals surface area contributed by atoms with Crippen LogP contribution in [0.1, 0.15) is 74.5 Å². The predicted molar refractivity (Wildman–Crippen MR) is 222 cm³/mol. The quantitative estimate of drug-likeness (QED) is 0.131. The Morgan fingerprint density at radius 2 is 1.66 bits per heavy atom. The Kier molecular flexibility index (Phi) is 12.5. The van der Waals surface area contributed by atoms with E-state index in [-0.39, 0.29) is 35.4 Å². The van der Waals surface area contributed by atoms with Crippen LogP contribution in [0, 0.1) is 5.92 Å². The van der Waals surface area contributed by atoms with Gasteiger partial charge >= 0.3 is 0 Å². The van der Waals surface area contributed by atoms with Crippen LogP contribution in [0.15, 0.2) is 47.4 Å². The fourth-order valence-corrected chi connectivity index (χ4v) is 9.24. The van der Waals surface area contributed by atoms with Crippen molar-refractivity contribution in [2.75, 3.05) is 61.1 Å². The molecular weight excluding hydrogens is 777 g/mol. The highest BCUT2D eigenvalue weighted by Crippen LogP contribution is 2.40. The number of ether oxygens (including phenoxy) is 3. The summed E-state index contributed by atoms with van der Waals surface area (Å²) in [5.41, 5.74) is 2.73. The Labute approximate surface area is 346 Å². The zero-order chi connectivity index (χ0) is 42.0. The molecule has 1 atom stereocenters. The summed E-state index contributed by atoms with van der Waals surface area (Å²) in [7, 11) is 8.92. The van der Waals surface area contributed by atoms with E-state index in [1.807, 2.05) is 31.1 Å². The molecule has 312 valence electrons. The molecule has 5 heterocycles. The van der Waals surface area contributed by atoms with Crippen LogP contribution in [-0.4, -0.2) is 116 Å². The molecule has 3 aliphatic rings. The van der Waals surface area contributed by atoms with Crippen LogP contribution in [0.25, 0.3) is 21.2 Å². The van der Waals surface area contributed by atoms with Crippen LogP contribution < -0.4 is 30.4 Å². The predicted octanol–water partition coefficient (Wildman–Crippen LogP) is 4.05. The van der Waals surface area contributed by atoms with E-state index in [0.29, 0.717) is 53.1 Å². The lowest BCUT2D eigenvalue weighted by atomic mass is 9.96. The van der Waals surface area contributed by atoms with E-state index in [2.05, 4.69) is 15.5 Å². The molecule has 16 heteroatoms. The van der Waals surface area contributed by atoms with Crippen molar-refractivity contribution in [3.8, 4) is 28.4 Å². The molecule has 2 aromatic carbocycles. The van der Waals surface area contributed by atoms with Gasteiger partial charge in [-0.25, -0.2) is 0 Å². The van der Waals surface area contributed by atoms with Gasteiger partial charge in [0.15, 0.2) is 0 Å². The zero-order valence-corrected chi connectivity index (χ0v) is 34.9. The van der Waals surface area contributed by atoms with Crippen LogP contribution in [0.4, 0.5) is 0 Å². The third-order valence-corrected chi connectivity index (χ3v) is 12.4. The van der Waals surface area contributed by atoms with Crippen molar-refractivity contribution in [1.82, 2.24) is 29.9 Å². The fourth-order valence-electron chi connectivity index (χ4n) is 8.14. The third-order valence-electron chi connectivity index (χ3n) is 11.3. The van der Waals surface area contributed by atoms with E-state index in [1.165, 1.54) is 11.3 Å². The van der Waals surface area contributed by atoms with Gasteiger partial charge in [-0.3, -0.25) is 39.0 Å². The number of hydrogen-bond donors (Lipinski definition) is 2. The van der Waals surface area contributed by atoms with Crippen LogP contribution in [0.2, 0.25) is 0 Å². The first-order chi connectivity index (χ1) is 28.4. The molecule has 2 fully saturated rings. The summed E-state index contributed by atoms with van der Waals surface area (Å²) < 4.78 is 19.8.